The number of nitrogens with zero attached hydrogens (tertiary/aromatic N) is 1. The Morgan fingerprint density at radius 1 is 1.35 bits per heavy atom. The van der Waals surface area contributed by atoms with Gasteiger partial charge in [0.25, 0.3) is 0 Å². The van der Waals surface area contributed by atoms with Crippen LogP contribution in [0.25, 0.3) is 0 Å². The summed E-state index contributed by atoms with van der Waals surface area (Å²) in [6.07, 6.45) is 0. The third-order valence-electron chi connectivity index (χ3n) is 2.48. The van der Waals surface area contributed by atoms with Gasteiger partial charge in [-0.1, -0.05) is 29.4 Å². The summed E-state index contributed by atoms with van der Waals surface area (Å²) < 4.78 is 13.3. The van der Waals surface area contributed by atoms with Crippen LogP contribution in [-0.2, 0) is 0 Å². The lowest BCUT2D eigenvalue weighted by molar-refractivity contribution is 0.0691. The van der Waals surface area contributed by atoms with Crippen molar-refractivity contribution < 1.29 is 14.3 Å². The fourth-order valence-electron chi connectivity index (χ4n) is 1.56. The van der Waals surface area contributed by atoms with Crippen molar-refractivity contribution in [3.8, 4) is 6.07 Å². The molecule has 20 heavy (non-hydrogen) atoms. The quantitative estimate of drug-likeness (QED) is 0.923. The normalized spacial score (nSPS) is 10.1. The number of carboxylic acids is 1. The maximum atomic E-state index is 13.3. The molecule has 3 nitrogen and oxygen atoms in total. The number of carbonyl (C=O) groups is 1. The third kappa shape index (κ3) is 2.93. The molecule has 0 aliphatic rings. The van der Waals surface area contributed by atoms with E-state index in [1.54, 1.807) is 18.2 Å². The number of halogens is 2. The highest BCUT2D eigenvalue weighted by Gasteiger charge is 2.13. The molecule has 0 amide bonds. The summed E-state index contributed by atoms with van der Waals surface area (Å²) in [5, 5.41) is 18.3. The molecular formula is C14H7ClFNO2S. The molecule has 100 valence electrons. The lowest BCUT2D eigenvalue weighted by Crippen LogP contribution is -2.00. The zero-order valence-electron chi connectivity index (χ0n) is 9.93. The predicted molar refractivity (Wildman–Crippen MR) is 73.6 cm³/mol. The van der Waals surface area contributed by atoms with Crippen LogP contribution >= 0.6 is 23.4 Å². The highest BCUT2D eigenvalue weighted by Crippen LogP contribution is 2.34. The highest BCUT2D eigenvalue weighted by atomic mass is 35.5. The first kappa shape index (κ1) is 14.4. The topological polar surface area (TPSA) is 61.1 Å². The number of carboxylic acid groups (broad SMARTS) is 1. The van der Waals surface area contributed by atoms with Crippen LogP contribution in [0.5, 0.6) is 0 Å². The van der Waals surface area contributed by atoms with E-state index in [0.29, 0.717) is 20.4 Å². The van der Waals surface area contributed by atoms with Gasteiger partial charge in [-0.15, -0.1) is 0 Å². The number of nitriles is 1. The largest absolute Gasteiger partial charge is 0.478 e. The van der Waals surface area contributed by atoms with E-state index in [0.717, 1.165) is 17.8 Å². The molecule has 2 rings (SSSR count). The predicted octanol–water partition coefficient (Wildman–Crippen LogP) is 4.20. The maximum Gasteiger partial charge on any atom is 0.338 e. The second-order valence-corrected chi connectivity index (χ2v) is 5.30. The van der Waals surface area contributed by atoms with Crippen LogP contribution in [0.15, 0.2) is 46.2 Å². The van der Waals surface area contributed by atoms with Crippen LogP contribution in [0.1, 0.15) is 15.9 Å². The van der Waals surface area contributed by atoms with Gasteiger partial charge in [0.2, 0.25) is 0 Å². The molecule has 6 heteroatoms. The first-order valence-corrected chi connectivity index (χ1v) is 6.61. The Kier molecular flexibility index (Phi) is 4.28. The Morgan fingerprint density at radius 3 is 2.75 bits per heavy atom. The zero-order chi connectivity index (χ0) is 14.7. The SMILES string of the molecule is N#Cc1c(Cl)cccc1Sc1ccc(F)c(C(=O)O)c1. The third-order valence-corrected chi connectivity index (χ3v) is 3.85. The van der Waals surface area contributed by atoms with Gasteiger partial charge in [0.05, 0.1) is 16.1 Å². The van der Waals surface area contributed by atoms with E-state index < -0.39 is 17.3 Å². The van der Waals surface area contributed by atoms with Crippen molar-refractivity contribution in [1.82, 2.24) is 0 Å². The molecule has 0 unspecified atom stereocenters. The minimum absolute atomic E-state index is 0.306. The first-order valence-electron chi connectivity index (χ1n) is 5.42. The molecular weight excluding hydrogens is 301 g/mol. The van der Waals surface area contributed by atoms with Gasteiger partial charge in [-0.25, -0.2) is 9.18 Å². The molecule has 0 aliphatic heterocycles. The van der Waals surface area contributed by atoms with Crippen LogP contribution in [-0.4, -0.2) is 11.1 Å². The van der Waals surface area contributed by atoms with Crippen molar-refractivity contribution in [2.24, 2.45) is 0 Å². The van der Waals surface area contributed by atoms with E-state index in [-0.39, 0.29) is 0 Å². The number of benzene rings is 2. The second kappa shape index (κ2) is 5.95. The first-order chi connectivity index (χ1) is 9.52. The van der Waals surface area contributed by atoms with Gasteiger partial charge in [-0.3, -0.25) is 0 Å². The molecule has 0 aromatic heterocycles. The molecule has 0 heterocycles. The number of aromatic carboxylic acids is 1. The molecule has 1 N–H and O–H groups in total. The summed E-state index contributed by atoms with van der Waals surface area (Å²) in [5.74, 6) is -2.13. The molecule has 0 atom stereocenters. The molecule has 0 radical (unpaired) electrons. The average molecular weight is 308 g/mol. The lowest BCUT2D eigenvalue weighted by atomic mass is 10.2. The molecule has 2 aromatic rings. The van der Waals surface area contributed by atoms with Crippen molar-refractivity contribution in [3.63, 3.8) is 0 Å². The molecule has 0 bridgehead atoms. The van der Waals surface area contributed by atoms with Crippen LogP contribution in [0.2, 0.25) is 5.02 Å². The van der Waals surface area contributed by atoms with Crippen molar-refractivity contribution >= 4 is 29.3 Å². The van der Waals surface area contributed by atoms with Crippen LogP contribution < -0.4 is 0 Å². The maximum absolute atomic E-state index is 13.3. The molecule has 2 aromatic carbocycles. The van der Waals surface area contributed by atoms with Crippen LogP contribution in [0, 0.1) is 17.1 Å². The Morgan fingerprint density at radius 2 is 2.10 bits per heavy atom. The monoisotopic (exact) mass is 307 g/mol. The van der Waals surface area contributed by atoms with E-state index >= 15 is 0 Å². The Labute approximate surface area is 123 Å². The number of hydrogen-bond acceptors (Lipinski definition) is 3. The van der Waals surface area contributed by atoms with Crippen molar-refractivity contribution in [2.45, 2.75) is 9.79 Å². The minimum Gasteiger partial charge on any atom is -0.478 e. The van der Waals surface area contributed by atoms with Crippen LogP contribution in [0.3, 0.4) is 0 Å². The van der Waals surface area contributed by atoms with Gasteiger partial charge >= 0.3 is 5.97 Å². The lowest BCUT2D eigenvalue weighted by Gasteiger charge is -2.06. The van der Waals surface area contributed by atoms with Gasteiger partial charge in [-0.2, -0.15) is 5.26 Å². The Bertz CT molecular complexity index is 728. The van der Waals surface area contributed by atoms with E-state index in [9.17, 15) is 9.18 Å². The summed E-state index contributed by atoms with van der Waals surface area (Å²) in [5.41, 5.74) is -0.101. The Balaban J connectivity index is 2.41. The highest BCUT2D eigenvalue weighted by molar-refractivity contribution is 7.99. The number of rotatable bonds is 3. The Hall–Kier alpha value is -2.03. The molecule has 0 fully saturated rings. The molecule has 0 saturated carbocycles. The standard InChI is InChI=1S/C14H7ClFNO2S/c15-11-2-1-3-13(10(11)7-17)20-8-4-5-12(16)9(6-8)14(18)19/h1-6H,(H,18,19). The van der Waals surface area contributed by atoms with Gasteiger partial charge < -0.3 is 5.11 Å². The van der Waals surface area contributed by atoms with Gasteiger partial charge in [0.15, 0.2) is 0 Å². The zero-order valence-corrected chi connectivity index (χ0v) is 11.5. The van der Waals surface area contributed by atoms with E-state index in [2.05, 4.69) is 0 Å². The summed E-state index contributed by atoms with van der Waals surface area (Å²) in [4.78, 5) is 12.0. The van der Waals surface area contributed by atoms with E-state index in [4.69, 9.17) is 22.0 Å². The molecule has 0 spiro atoms. The minimum atomic E-state index is -1.34. The van der Waals surface area contributed by atoms with E-state index in [1.807, 2.05) is 6.07 Å². The second-order valence-electron chi connectivity index (χ2n) is 3.77. The summed E-state index contributed by atoms with van der Waals surface area (Å²) >= 11 is 7.07. The van der Waals surface area contributed by atoms with Crippen molar-refractivity contribution in [3.05, 3.63) is 58.4 Å². The number of hydrogen-bond donors (Lipinski definition) is 1. The molecule has 0 aliphatic carbocycles. The molecule has 0 saturated heterocycles. The summed E-state index contributed by atoms with van der Waals surface area (Å²) in [7, 11) is 0. The van der Waals surface area contributed by atoms with Gasteiger partial charge in [-0.05, 0) is 30.3 Å². The van der Waals surface area contributed by atoms with Crippen LogP contribution in [0.4, 0.5) is 4.39 Å². The fraction of sp³-hybridized carbons (Fsp3) is 0. The fourth-order valence-corrected chi connectivity index (χ4v) is 2.80. The summed E-state index contributed by atoms with van der Waals surface area (Å²) in [6.45, 7) is 0. The van der Waals surface area contributed by atoms with Gasteiger partial charge in [0, 0.05) is 9.79 Å². The van der Waals surface area contributed by atoms with Gasteiger partial charge in [0.1, 0.15) is 11.9 Å². The van der Waals surface area contributed by atoms with Crippen molar-refractivity contribution in [1.29, 1.82) is 5.26 Å². The smallest absolute Gasteiger partial charge is 0.338 e. The van der Waals surface area contributed by atoms with E-state index in [1.165, 1.54) is 12.1 Å². The summed E-state index contributed by atoms with van der Waals surface area (Å²) in [6, 6.07) is 10.7. The average Bonchev–Trinajstić information content (AvgIpc) is 2.41. The van der Waals surface area contributed by atoms with Crippen molar-refractivity contribution in [2.75, 3.05) is 0 Å².